The number of aliphatic hydroxyl groups excluding tert-OH is 1. The van der Waals surface area contributed by atoms with Gasteiger partial charge in [0.05, 0.1) is 17.6 Å². The highest BCUT2D eigenvalue weighted by molar-refractivity contribution is 5.91. The standard InChI is InChI=1S/C17H24O6/c1-8-12-10(23-15(8)20)7-16(3)11(22-9(2)18)5-6-17(4,21)14(16)13(12)19/h10-14,19,21H,1,5-7H2,2-4H3/t10-,11+,12+,13-,14?,16-,17+/m0/s1. The molecule has 6 heteroatoms. The van der Waals surface area contributed by atoms with Gasteiger partial charge < -0.3 is 19.7 Å². The van der Waals surface area contributed by atoms with Crippen LogP contribution < -0.4 is 0 Å². The molecule has 2 saturated carbocycles. The van der Waals surface area contributed by atoms with Gasteiger partial charge in [0.15, 0.2) is 0 Å². The molecule has 0 aromatic carbocycles. The molecule has 1 unspecified atom stereocenters. The number of ether oxygens (including phenoxy) is 2. The van der Waals surface area contributed by atoms with Gasteiger partial charge in [-0.1, -0.05) is 13.5 Å². The normalized spacial score (nSPS) is 49.2. The third-order valence-corrected chi connectivity index (χ3v) is 6.01. The lowest BCUT2D eigenvalue weighted by Gasteiger charge is -2.59. The van der Waals surface area contributed by atoms with E-state index in [0.717, 1.165) is 0 Å². The largest absolute Gasteiger partial charge is 0.462 e. The van der Waals surface area contributed by atoms with Crippen molar-refractivity contribution in [3.63, 3.8) is 0 Å². The summed E-state index contributed by atoms with van der Waals surface area (Å²) >= 11 is 0. The van der Waals surface area contributed by atoms with E-state index >= 15 is 0 Å². The van der Waals surface area contributed by atoms with E-state index in [1.807, 2.05) is 6.92 Å². The second-order valence-corrected chi connectivity index (χ2v) is 7.67. The van der Waals surface area contributed by atoms with Gasteiger partial charge in [-0.05, 0) is 26.2 Å². The molecule has 0 spiro atoms. The number of hydrogen-bond donors (Lipinski definition) is 2. The van der Waals surface area contributed by atoms with Crippen molar-refractivity contribution in [1.82, 2.24) is 0 Å². The minimum Gasteiger partial charge on any atom is -0.462 e. The summed E-state index contributed by atoms with van der Waals surface area (Å²) in [6, 6.07) is 0. The monoisotopic (exact) mass is 324 g/mol. The van der Waals surface area contributed by atoms with Crippen molar-refractivity contribution in [2.24, 2.45) is 17.3 Å². The minimum atomic E-state index is -1.11. The summed E-state index contributed by atoms with van der Waals surface area (Å²) in [7, 11) is 0. The van der Waals surface area contributed by atoms with Crippen LogP contribution in [0.25, 0.3) is 0 Å². The van der Waals surface area contributed by atoms with Crippen LogP contribution in [-0.2, 0) is 19.1 Å². The quantitative estimate of drug-likeness (QED) is 0.551. The molecule has 2 aliphatic carbocycles. The van der Waals surface area contributed by atoms with Crippen LogP contribution in [0.15, 0.2) is 12.2 Å². The molecule has 7 atom stereocenters. The van der Waals surface area contributed by atoms with Gasteiger partial charge in [-0.25, -0.2) is 4.79 Å². The van der Waals surface area contributed by atoms with Crippen molar-refractivity contribution in [3.05, 3.63) is 12.2 Å². The maximum Gasteiger partial charge on any atom is 0.334 e. The summed E-state index contributed by atoms with van der Waals surface area (Å²) in [4.78, 5) is 23.3. The van der Waals surface area contributed by atoms with Crippen LogP contribution in [0.5, 0.6) is 0 Å². The molecule has 0 radical (unpaired) electrons. The number of carbonyl (C=O) groups is 2. The molecule has 3 aliphatic rings. The Morgan fingerprint density at radius 1 is 1.43 bits per heavy atom. The van der Waals surface area contributed by atoms with Crippen LogP contribution in [0.4, 0.5) is 0 Å². The van der Waals surface area contributed by atoms with Gasteiger partial charge in [0.25, 0.3) is 0 Å². The van der Waals surface area contributed by atoms with Gasteiger partial charge in [0, 0.05) is 23.8 Å². The Labute approximate surface area is 135 Å². The van der Waals surface area contributed by atoms with Crippen LogP contribution in [0, 0.1) is 17.3 Å². The fraction of sp³-hybridized carbons (Fsp3) is 0.765. The van der Waals surface area contributed by atoms with Crippen molar-refractivity contribution in [2.75, 3.05) is 0 Å². The summed E-state index contributed by atoms with van der Waals surface area (Å²) in [5.41, 5.74) is -1.52. The van der Waals surface area contributed by atoms with Gasteiger partial charge in [0.1, 0.15) is 12.2 Å². The van der Waals surface area contributed by atoms with Crippen LogP contribution in [0.2, 0.25) is 0 Å². The number of carbonyl (C=O) groups excluding carboxylic acids is 2. The van der Waals surface area contributed by atoms with Crippen molar-refractivity contribution >= 4 is 11.9 Å². The average Bonchev–Trinajstić information content (AvgIpc) is 2.67. The molecule has 128 valence electrons. The van der Waals surface area contributed by atoms with Crippen molar-refractivity contribution in [1.29, 1.82) is 0 Å². The Hall–Kier alpha value is -1.40. The maximum atomic E-state index is 11.8. The van der Waals surface area contributed by atoms with Gasteiger partial charge in [0.2, 0.25) is 0 Å². The molecule has 0 amide bonds. The summed E-state index contributed by atoms with van der Waals surface area (Å²) in [5.74, 6) is -1.92. The molecular weight excluding hydrogens is 300 g/mol. The van der Waals surface area contributed by atoms with E-state index < -0.39 is 47.1 Å². The van der Waals surface area contributed by atoms with Crippen LogP contribution in [0.1, 0.15) is 40.0 Å². The third kappa shape index (κ3) is 2.31. The molecule has 1 heterocycles. The Bertz CT molecular complexity index is 567. The lowest BCUT2D eigenvalue weighted by atomic mass is 9.50. The van der Waals surface area contributed by atoms with Crippen LogP contribution in [0.3, 0.4) is 0 Å². The molecule has 23 heavy (non-hydrogen) atoms. The van der Waals surface area contributed by atoms with E-state index in [1.165, 1.54) is 6.92 Å². The Morgan fingerprint density at radius 2 is 2.09 bits per heavy atom. The van der Waals surface area contributed by atoms with E-state index in [1.54, 1.807) is 6.92 Å². The summed E-state index contributed by atoms with van der Waals surface area (Å²) in [6.07, 6.45) is -0.518. The number of fused-ring (bicyclic) bond motifs is 2. The first-order valence-electron chi connectivity index (χ1n) is 8.05. The zero-order valence-electron chi connectivity index (χ0n) is 13.7. The molecule has 1 aliphatic heterocycles. The van der Waals surface area contributed by atoms with Gasteiger partial charge >= 0.3 is 11.9 Å². The summed E-state index contributed by atoms with van der Waals surface area (Å²) < 4.78 is 10.8. The zero-order valence-corrected chi connectivity index (χ0v) is 13.7. The SMILES string of the molecule is C=C1C(=O)O[C@H]2C[C@]3(C)C([C@@H](O)[C@H]12)[C@](C)(O)CC[C@H]3OC(C)=O. The number of hydrogen-bond acceptors (Lipinski definition) is 6. The molecule has 1 saturated heterocycles. The highest BCUT2D eigenvalue weighted by Crippen LogP contribution is 2.59. The first-order chi connectivity index (χ1) is 10.6. The van der Waals surface area contributed by atoms with Gasteiger partial charge in [-0.2, -0.15) is 0 Å². The second-order valence-electron chi connectivity index (χ2n) is 7.67. The Balaban J connectivity index is 2.02. The predicted octanol–water partition coefficient (Wildman–Crippen LogP) is 0.948. The summed E-state index contributed by atoms with van der Waals surface area (Å²) in [5, 5.41) is 21.8. The lowest BCUT2D eigenvalue weighted by molar-refractivity contribution is -0.235. The van der Waals surface area contributed by atoms with E-state index in [0.29, 0.717) is 19.3 Å². The van der Waals surface area contributed by atoms with Gasteiger partial charge in [-0.15, -0.1) is 0 Å². The number of esters is 2. The highest BCUT2D eigenvalue weighted by Gasteiger charge is 2.65. The molecule has 0 bridgehead atoms. The minimum absolute atomic E-state index is 0.259. The maximum absolute atomic E-state index is 11.8. The fourth-order valence-electron chi connectivity index (χ4n) is 5.11. The van der Waals surface area contributed by atoms with Crippen molar-refractivity contribution in [2.45, 2.75) is 63.9 Å². The zero-order chi connectivity index (χ0) is 17.2. The Morgan fingerprint density at radius 3 is 2.70 bits per heavy atom. The number of rotatable bonds is 1. The third-order valence-electron chi connectivity index (χ3n) is 6.01. The average molecular weight is 324 g/mol. The molecule has 3 rings (SSSR count). The smallest absolute Gasteiger partial charge is 0.334 e. The molecule has 3 fully saturated rings. The van der Waals surface area contributed by atoms with E-state index in [2.05, 4.69) is 6.58 Å². The van der Waals surface area contributed by atoms with Gasteiger partial charge in [-0.3, -0.25) is 4.79 Å². The molecule has 0 aromatic heterocycles. The molecule has 0 aromatic rings. The second kappa shape index (κ2) is 5.05. The highest BCUT2D eigenvalue weighted by atomic mass is 16.6. The van der Waals surface area contributed by atoms with Crippen LogP contribution >= 0.6 is 0 Å². The lowest BCUT2D eigenvalue weighted by Crippen LogP contribution is -2.65. The van der Waals surface area contributed by atoms with Crippen molar-refractivity contribution in [3.8, 4) is 0 Å². The van der Waals surface area contributed by atoms with E-state index in [9.17, 15) is 19.8 Å². The first-order valence-corrected chi connectivity index (χ1v) is 8.05. The number of aliphatic hydroxyl groups is 2. The summed E-state index contributed by atoms with van der Waals surface area (Å²) in [6.45, 7) is 8.69. The predicted molar refractivity (Wildman–Crippen MR) is 80.1 cm³/mol. The molecule has 2 N–H and O–H groups in total. The van der Waals surface area contributed by atoms with E-state index in [-0.39, 0.29) is 11.5 Å². The fourth-order valence-corrected chi connectivity index (χ4v) is 5.11. The van der Waals surface area contributed by atoms with E-state index in [4.69, 9.17) is 9.47 Å². The molecular formula is C17H24O6. The van der Waals surface area contributed by atoms with Crippen molar-refractivity contribution < 1.29 is 29.3 Å². The Kier molecular flexibility index (Phi) is 3.61. The topological polar surface area (TPSA) is 93.1 Å². The first kappa shape index (κ1) is 16.5. The van der Waals surface area contributed by atoms with Crippen LogP contribution in [-0.4, -0.2) is 46.1 Å². The molecule has 6 nitrogen and oxygen atoms in total.